The van der Waals surface area contributed by atoms with E-state index in [-0.39, 0.29) is 15.5 Å². The fourth-order valence-electron chi connectivity index (χ4n) is 1.80. The normalized spacial score (nSPS) is 11.5. The molecule has 0 aromatic heterocycles. The highest BCUT2D eigenvalue weighted by Gasteiger charge is 2.21. The van der Waals surface area contributed by atoms with Crippen LogP contribution < -0.4 is 5.32 Å². The van der Waals surface area contributed by atoms with E-state index in [9.17, 15) is 13.2 Å². The van der Waals surface area contributed by atoms with Gasteiger partial charge >= 0.3 is 0 Å². The van der Waals surface area contributed by atoms with Crippen molar-refractivity contribution in [3.63, 3.8) is 0 Å². The number of carbonyl (C=O) groups excluding carboxylic acids is 1. The van der Waals surface area contributed by atoms with Crippen LogP contribution in [0.15, 0.2) is 47.4 Å². The van der Waals surface area contributed by atoms with Gasteiger partial charge < -0.3 is 5.32 Å². The molecule has 0 saturated heterocycles. The molecule has 0 radical (unpaired) electrons. The minimum absolute atomic E-state index is 0.0137. The zero-order chi connectivity index (χ0) is 17.2. The minimum atomic E-state index is -3.64. The molecule has 2 aromatic rings. The quantitative estimate of drug-likeness (QED) is 0.705. The summed E-state index contributed by atoms with van der Waals surface area (Å²) in [5, 5.41) is 2.92. The van der Waals surface area contributed by atoms with Gasteiger partial charge in [0.15, 0.2) is 0 Å². The van der Waals surface area contributed by atoms with Crippen molar-refractivity contribution in [3.8, 4) is 0 Å². The van der Waals surface area contributed by atoms with Crippen molar-refractivity contribution in [1.29, 1.82) is 0 Å². The van der Waals surface area contributed by atoms with Gasteiger partial charge in [0.2, 0.25) is 10.0 Å². The molecule has 0 aliphatic carbocycles. The van der Waals surface area contributed by atoms with Crippen molar-refractivity contribution in [2.45, 2.75) is 4.90 Å². The second-order valence-corrected chi connectivity index (χ2v) is 8.58. The number of amides is 1. The molecule has 0 saturated carbocycles. The van der Waals surface area contributed by atoms with Crippen molar-refractivity contribution >= 4 is 55.8 Å². The lowest BCUT2D eigenvalue weighted by molar-refractivity contribution is 0.102. The SMILES string of the molecule is CN(C)S(=O)(=O)c1ccc(Cl)c(C(=O)Nc2ccccc2I)c1. The number of rotatable bonds is 4. The first-order valence-corrected chi connectivity index (χ1v) is 9.41. The van der Waals surface area contributed by atoms with Crippen molar-refractivity contribution in [2.75, 3.05) is 19.4 Å². The predicted octanol–water partition coefficient (Wildman–Crippen LogP) is 3.45. The Balaban J connectivity index is 2.40. The molecule has 8 heteroatoms. The highest BCUT2D eigenvalue weighted by molar-refractivity contribution is 14.1. The number of halogens is 2. The van der Waals surface area contributed by atoms with Crippen molar-refractivity contribution in [1.82, 2.24) is 4.31 Å². The Hall–Kier alpha value is -1.16. The molecule has 0 heterocycles. The van der Waals surface area contributed by atoms with Crippen LogP contribution in [-0.2, 0) is 10.0 Å². The van der Waals surface area contributed by atoms with Crippen molar-refractivity contribution in [3.05, 3.63) is 56.6 Å². The van der Waals surface area contributed by atoms with E-state index in [4.69, 9.17) is 11.6 Å². The summed E-state index contributed by atoms with van der Waals surface area (Å²) in [6.45, 7) is 0. The molecule has 2 aromatic carbocycles. The monoisotopic (exact) mass is 464 g/mol. The molecule has 0 atom stereocenters. The van der Waals surface area contributed by atoms with Gasteiger partial charge in [-0.15, -0.1) is 0 Å². The van der Waals surface area contributed by atoms with Gasteiger partial charge in [0, 0.05) is 17.7 Å². The van der Waals surface area contributed by atoms with E-state index in [1.54, 1.807) is 12.1 Å². The Bertz CT molecular complexity index is 854. The highest BCUT2D eigenvalue weighted by atomic mass is 127. The lowest BCUT2D eigenvalue weighted by atomic mass is 10.2. The van der Waals surface area contributed by atoms with Gasteiger partial charge in [0.25, 0.3) is 5.91 Å². The molecule has 0 spiro atoms. The highest BCUT2D eigenvalue weighted by Crippen LogP contribution is 2.24. The van der Waals surface area contributed by atoms with E-state index < -0.39 is 15.9 Å². The fourth-order valence-corrected chi connectivity index (χ4v) is 3.46. The third-order valence-electron chi connectivity index (χ3n) is 3.08. The van der Waals surface area contributed by atoms with Gasteiger partial charge in [-0.1, -0.05) is 23.7 Å². The zero-order valence-electron chi connectivity index (χ0n) is 12.4. The molecule has 0 bridgehead atoms. The third kappa shape index (κ3) is 4.03. The molecule has 0 aliphatic heterocycles. The number of carbonyl (C=O) groups is 1. The standard InChI is InChI=1S/C15H14ClIN2O3S/c1-19(2)23(21,22)10-7-8-12(16)11(9-10)15(20)18-14-6-4-3-5-13(14)17/h3-9H,1-2H3,(H,18,20). The smallest absolute Gasteiger partial charge is 0.257 e. The molecule has 0 fully saturated rings. The zero-order valence-corrected chi connectivity index (χ0v) is 16.1. The largest absolute Gasteiger partial charge is 0.321 e. The predicted molar refractivity (Wildman–Crippen MR) is 99.4 cm³/mol. The Kier molecular flexibility index (Phi) is 5.66. The second-order valence-electron chi connectivity index (χ2n) is 4.86. The average Bonchev–Trinajstić information content (AvgIpc) is 2.49. The molecule has 23 heavy (non-hydrogen) atoms. The fraction of sp³-hybridized carbons (Fsp3) is 0.133. The van der Waals surface area contributed by atoms with E-state index in [0.717, 1.165) is 7.88 Å². The second kappa shape index (κ2) is 7.16. The summed E-state index contributed by atoms with van der Waals surface area (Å²) in [5.41, 5.74) is 0.740. The summed E-state index contributed by atoms with van der Waals surface area (Å²) in [4.78, 5) is 12.4. The number of nitrogens with one attached hydrogen (secondary N) is 1. The van der Waals surface area contributed by atoms with Gasteiger partial charge in [-0.2, -0.15) is 0 Å². The molecule has 0 aliphatic rings. The van der Waals surface area contributed by atoms with E-state index in [2.05, 4.69) is 27.9 Å². The Morgan fingerprint density at radius 1 is 1.17 bits per heavy atom. The minimum Gasteiger partial charge on any atom is -0.321 e. The van der Waals surface area contributed by atoms with Crippen LogP contribution in [0.1, 0.15) is 10.4 Å². The topological polar surface area (TPSA) is 66.5 Å². The van der Waals surface area contributed by atoms with Crippen LogP contribution in [0.2, 0.25) is 5.02 Å². The number of hydrogen-bond acceptors (Lipinski definition) is 3. The van der Waals surface area contributed by atoms with Gasteiger partial charge in [-0.25, -0.2) is 12.7 Å². The van der Waals surface area contributed by atoms with Gasteiger partial charge in [-0.3, -0.25) is 4.79 Å². The summed E-state index contributed by atoms with van der Waals surface area (Å²) in [7, 11) is -0.784. The maximum Gasteiger partial charge on any atom is 0.257 e. The maximum absolute atomic E-state index is 12.4. The number of nitrogens with zero attached hydrogens (tertiary/aromatic N) is 1. The number of anilines is 1. The van der Waals surface area contributed by atoms with Gasteiger partial charge in [0.05, 0.1) is 21.2 Å². The van der Waals surface area contributed by atoms with Crippen molar-refractivity contribution in [2.24, 2.45) is 0 Å². The van der Waals surface area contributed by atoms with Crippen LogP contribution in [0.4, 0.5) is 5.69 Å². The van der Waals surface area contributed by atoms with E-state index >= 15 is 0 Å². The molecule has 1 amide bonds. The van der Waals surface area contributed by atoms with Crippen LogP contribution in [0, 0.1) is 3.57 Å². The van der Waals surface area contributed by atoms with E-state index in [1.165, 1.54) is 32.3 Å². The summed E-state index contributed by atoms with van der Waals surface area (Å²) in [6, 6.07) is 11.3. The molecular weight excluding hydrogens is 451 g/mol. The molecule has 2 rings (SSSR count). The summed E-state index contributed by atoms with van der Waals surface area (Å²) in [6.07, 6.45) is 0. The number of hydrogen-bond donors (Lipinski definition) is 1. The van der Waals surface area contributed by atoms with E-state index in [1.807, 2.05) is 12.1 Å². The molecule has 1 N–H and O–H groups in total. The summed E-state index contributed by atoms with van der Waals surface area (Å²) < 4.78 is 26.3. The lowest BCUT2D eigenvalue weighted by Gasteiger charge is -2.13. The maximum atomic E-state index is 12.4. The van der Waals surface area contributed by atoms with Crippen LogP contribution in [0.5, 0.6) is 0 Å². The molecule has 5 nitrogen and oxygen atoms in total. The lowest BCUT2D eigenvalue weighted by Crippen LogP contribution is -2.23. The van der Waals surface area contributed by atoms with Gasteiger partial charge in [0.1, 0.15) is 0 Å². The number of para-hydroxylation sites is 1. The Labute approximate surface area is 153 Å². The first-order valence-electron chi connectivity index (χ1n) is 6.51. The average molecular weight is 465 g/mol. The van der Waals surface area contributed by atoms with Crippen LogP contribution in [-0.4, -0.2) is 32.7 Å². The van der Waals surface area contributed by atoms with E-state index in [0.29, 0.717) is 5.69 Å². The molecular formula is C15H14ClIN2O3S. The number of sulfonamides is 1. The molecule has 122 valence electrons. The molecule has 0 unspecified atom stereocenters. The van der Waals surface area contributed by atoms with Gasteiger partial charge in [-0.05, 0) is 52.9 Å². The first-order chi connectivity index (χ1) is 10.7. The number of benzene rings is 2. The first kappa shape index (κ1) is 18.2. The summed E-state index contributed by atoms with van der Waals surface area (Å²) >= 11 is 8.16. The van der Waals surface area contributed by atoms with Crippen LogP contribution >= 0.6 is 34.2 Å². The Morgan fingerprint density at radius 2 is 1.83 bits per heavy atom. The summed E-state index contributed by atoms with van der Waals surface area (Å²) in [5.74, 6) is -0.463. The van der Waals surface area contributed by atoms with Crippen molar-refractivity contribution < 1.29 is 13.2 Å². The third-order valence-corrected chi connectivity index (χ3v) is 6.16. The Morgan fingerprint density at radius 3 is 2.43 bits per heavy atom. The van der Waals surface area contributed by atoms with Crippen LogP contribution in [0.3, 0.4) is 0 Å². The van der Waals surface area contributed by atoms with Crippen LogP contribution in [0.25, 0.3) is 0 Å².